The molecule has 1 fully saturated rings. The Bertz CT molecular complexity index is 809. The molecule has 0 spiro atoms. The number of methoxy groups -OCH3 is 1. The molecule has 0 amide bonds. The molecule has 0 radical (unpaired) electrons. The number of aryl methyl sites for hydroxylation is 1. The van der Waals surface area contributed by atoms with Crippen LogP contribution in [-0.2, 0) is 13.0 Å². The summed E-state index contributed by atoms with van der Waals surface area (Å²) in [4.78, 5) is 9.50. The van der Waals surface area contributed by atoms with Crippen LogP contribution in [0.5, 0.6) is 5.75 Å². The van der Waals surface area contributed by atoms with Crippen LogP contribution in [0.3, 0.4) is 0 Å². The largest absolute Gasteiger partial charge is 0.495 e. The highest BCUT2D eigenvalue weighted by molar-refractivity contribution is 5.80. The second kappa shape index (κ2) is 10.5. The number of nitrogens with one attached hydrogen (secondary N) is 1. The molecule has 1 N–H and O–H groups in total. The van der Waals surface area contributed by atoms with E-state index in [-0.39, 0.29) is 0 Å². The van der Waals surface area contributed by atoms with Crippen LogP contribution in [0, 0.1) is 0 Å². The standard InChI is InChI=1S/C21H31N7O/c1-4-10-22-21(23-11-12-28-17-24-25-20(28)5-2)27-15-13-26(14-16-27)18-8-6-7-9-19(18)29-3/h4,6-9,17H,1,5,10-16H2,2-3H3,(H,22,23). The van der Waals surface area contributed by atoms with Crippen LogP contribution in [0.1, 0.15) is 12.7 Å². The van der Waals surface area contributed by atoms with Crippen LogP contribution < -0.4 is 15.0 Å². The van der Waals surface area contributed by atoms with Gasteiger partial charge in [0.25, 0.3) is 0 Å². The molecule has 0 atom stereocenters. The Hall–Kier alpha value is -3.03. The second-order valence-electron chi connectivity index (χ2n) is 6.81. The van der Waals surface area contributed by atoms with Gasteiger partial charge in [0.1, 0.15) is 17.9 Å². The van der Waals surface area contributed by atoms with E-state index in [1.807, 2.05) is 18.2 Å². The summed E-state index contributed by atoms with van der Waals surface area (Å²) < 4.78 is 7.58. The molecule has 0 bridgehead atoms. The lowest BCUT2D eigenvalue weighted by atomic mass is 10.2. The molecule has 29 heavy (non-hydrogen) atoms. The van der Waals surface area contributed by atoms with Crippen molar-refractivity contribution in [3.8, 4) is 5.75 Å². The van der Waals surface area contributed by atoms with Crippen molar-refractivity contribution >= 4 is 11.6 Å². The average Bonchev–Trinajstić information content (AvgIpc) is 3.23. The van der Waals surface area contributed by atoms with Crippen LogP contribution in [-0.4, -0.2) is 72.0 Å². The molecule has 1 aliphatic heterocycles. The van der Waals surface area contributed by atoms with E-state index in [1.165, 1.54) is 0 Å². The van der Waals surface area contributed by atoms with Gasteiger partial charge in [0.2, 0.25) is 0 Å². The number of nitrogens with zero attached hydrogens (tertiary/aromatic N) is 6. The van der Waals surface area contributed by atoms with E-state index >= 15 is 0 Å². The van der Waals surface area contributed by atoms with Crippen molar-refractivity contribution in [1.82, 2.24) is 25.0 Å². The number of hydrogen-bond acceptors (Lipinski definition) is 5. The van der Waals surface area contributed by atoms with Gasteiger partial charge in [-0.25, -0.2) is 0 Å². The zero-order valence-electron chi connectivity index (χ0n) is 17.4. The zero-order valence-corrected chi connectivity index (χ0v) is 17.4. The van der Waals surface area contributed by atoms with Gasteiger partial charge in [-0.2, -0.15) is 0 Å². The number of ether oxygens (including phenoxy) is 1. The Labute approximate surface area is 172 Å². The maximum atomic E-state index is 5.52. The molecule has 0 aliphatic carbocycles. The summed E-state index contributed by atoms with van der Waals surface area (Å²) in [6.45, 7) is 11.7. The van der Waals surface area contributed by atoms with Gasteiger partial charge in [-0.1, -0.05) is 25.1 Å². The van der Waals surface area contributed by atoms with Gasteiger partial charge < -0.3 is 24.4 Å². The number of guanidine groups is 1. The van der Waals surface area contributed by atoms with Gasteiger partial charge in [-0.15, -0.1) is 16.8 Å². The molecule has 1 aromatic heterocycles. The molecule has 1 aliphatic rings. The van der Waals surface area contributed by atoms with Crippen molar-refractivity contribution in [1.29, 1.82) is 0 Å². The van der Waals surface area contributed by atoms with Gasteiger partial charge in [0.05, 0.1) is 19.3 Å². The summed E-state index contributed by atoms with van der Waals surface area (Å²) >= 11 is 0. The molecule has 1 saturated heterocycles. The Morgan fingerprint density at radius 2 is 2.07 bits per heavy atom. The van der Waals surface area contributed by atoms with Crippen molar-refractivity contribution in [2.75, 3.05) is 51.3 Å². The molecule has 8 nitrogen and oxygen atoms in total. The van der Waals surface area contributed by atoms with Crippen LogP contribution in [0.2, 0.25) is 0 Å². The maximum absolute atomic E-state index is 5.52. The minimum absolute atomic E-state index is 0.678. The normalized spacial score (nSPS) is 14.8. The molecule has 2 aromatic rings. The number of para-hydroxylation sites is 2. The van der Waals surface area contributed by atoms with Gasteiger partial charge in [0.15, 0.2) is 5.96 Å². The fourth-order valence-electron chi connectivity index (χ4n) is 3.48. The number of benzene rings is 1. The smallest absolute Gasteiger partial charge is 0.194 e. The third-order valence-corrected chi connectivity index (χ3v) is 5.02. The first-order valence-electron chi connectivity index (χ1n) is 10.2. The molecule has 1 aromatic carbocycles. The van der Waals surface area contributed by atoms with Crippen LogP contribution in [0.15, 0.2) is 48.2 Å². The molecule has 3 rings (SSSR count). The van der Waals surface area contributed by atoms with E-state index in [0.29, 0.717) is 13.1 Å². The summed E-state index contributed by atoms with van der Waals surface area (Å²) in [5.74, 6) is 2.84. The van der Waals surface area contributed by atoms with E-state index in [2.05, 4.69) is 55.5 Å². The Morgan fingerprint density at radius 3 is 2.79 bits per heavy atom. The number of aromatic nitrogens is 3. The first-order chi connectivity index (χ1) is 14.3. The Balaban J connectivity index is 1.61. The Kier molecular flexibility index (Phi) is 7.49. The molecular formula is C21H31N7O. The SMILES string of the molecule is C=CCNC(=NCCn1cnnc1CC)N1CCN(c2ccccc2OC)CC1. The van der Waals surface area contributed by atoms with Crippen molar-refractivity contribution < 1.29 is 4.74 Å². The van der Waals surface area contributed by atoms with E-state index in [9.17, 15) is 0 Å². The molecule has 0 saturated carbocycles. The van der Waals surface area contributed by atoms with Crippen LogP contribution in [0.25, 0.3) is 0 Å². The maximum Gasteiger partial charge on any atom is 0.194 e. The van der Waals surface area contributed by atoms with Gasteiger partial charge >= 0.3 is 0 Å². The summed E-state index contributed by atoms with van der Waals surface area (Å²) in [5.41, 5.74) is 1.15. The predicted octanol–water partition coefficient (Wildman–Crippen LogP) is 1.80. The summed E-state index contributed by atoms with van der Waals surface area (Å²) in [6, 6.07) is 8.18. The molecule has 8 heteroatoms. The molecule has 156 valence electrons. The number of piperazine rings is 1. The third-order valence-electron chi connectivity index (χ3n) is 5.02. The lowest BCUT2D eigenvalue weighted by molar-refractivity contribution is 0.367. The fourth-order valence-corrected chi connectivity index (χ4v) is 3.48. The molecule has 2 heterocycles. The number of aliphatic imine (C=N–C) groups is 1. The van der Waals surface area contributed by atoms with Crippen LogP contribution in [0.4, 0.5) is 5.69 Å². The van der Waals surface area contributed by atoms with Crippen molar-refractivity contribution in [2.24, 2.45) is 4.99 Å². The third kappa shape index (κ3) is 5.28. The lowest BCUT2D eigenvalue weighted by Gasteiger charge is -2.38. The highest BCUT2D eigenvalue weighted by Crippen LogP contribution is 2.28. The van der Waals surface area contributed by atoms with Gasteiger partial charge in [-0.05, 0) is 12.1 Å². The summed E-state index contributed by atoms with van der Waals surface area (Å²) in [6.07, 6.45) is 4.50. The number of rotatable bonds is 8. The highest BCUT2D eigenvalue weighted by atomic mass is 16.5. The minimum Gasteiger partial charge on any atom is -0.495 e. The van der Waals surface area contributed by atoms with Gasteiger partial charge in [0, 0.05) is 45.7 Å². The van der Waals surface area contributed by atoms with E-state index in [1.54, 1.807) is 13.4 Å². The van der Waals surface area contributed by atoms with E-state index in [0.717, 1.165) is 62.4 Å². The lowest BCUT2D eigenvalue weighted by Crippen LogP contribution is -2.52. The minimum atomic E-state index is 0.678. The van der Waals surface area contributed by atoms with Crippen molar-refractivity contribution in [3.05, 3.63) is 49.1 Å². The number of anilines is 1. The first kappa shape index (κ1) is 20.7. The molecular weight excluding hydrogens is 366 g/mol. The first-order valence-corrected chi connectivity index (χ1v) is 10.2. The highest BCUT2D eigenvalue weighted by Gasteiger charge is 2.21. The van der Waals surface area contributed by atoms with Crippen molar-refractivity contribution in [2.45, 2.75) is 19.9 Å². The average molecular weight is 398 g/mol. The second-order valence-corrected chi connectivity index (χ2v) is 6.81. The Morgan fingerprint density at radius 1 is 1.28 bits per heavy atom. The topological polar surface area (TPSA) is 70.8 Å². The predicted molar refractivity (Wildman–Crippen MR) is 117 cm³/mol. The summed E-state index contributed by atoms with van der Waals surface area (Å²) in [5, 5.41) is 11.5. The molecule has 0 unspecified atom stereocenters. The quantitative estimate of drug-likeness (QED) is 0.416. The zero-order chi connectivity index (χ0) is 20.5. The van der Waals surface area contributed by atoms with Crippen LogP contribution >= 0.6 is 0 Å². The number of hydrogen-bond donors (Lipinski definition) is 1. The summed E-state index contributed by atoms with van der Waals surface area (Å²) in [7, 11) is 1.72. The fraction of sp³-hybridized carbons (Fsp3) is 0.476. The van der Waals surface area contributed by atoms with Crippen molar-refractivity contribution in [3.63, 3.8) is 0 Å². The van der Waals surface area contributed by atoms with E-state index in [4.69, 9.17) is 9.73 Å². The monoisotopic (exact) mass is 397 g/mol. The van der Waals surface area contributed by atoms with E-state index < -0.39 is 0 Å². The van der Waals surface area contributed by atoms with Gasteiger partial charge in [-0.3, -0.25) is 4.99 Å².